The van der Waals surface area contributed by atoms with Crippen molar-refractivity contribution in [1.29, 1.82) is 0 Å². The van der Waals surface area contributed by atoms with E-state index in [4.69, 9.17) is 0 Å². The maximum Gasteiger partial charge on any atom is 0.244 e. The van der Waals surface area contributed by atoms with Crippen LogP contribution in [0.4, 0.5) is 0 Å². The van der Waals surface area contributed by atoms with Crippen molar-refractivity contribution < 1.29 is 8.42 Å². The van der Waals surface area contributed by atoms with Gasteiger partial charge in [0.2, 0.25) is 10.0 Å². The normalized spacial score (nSPS) is 17.6. The standard InChI is InChI=1S/C13H20BrN3O2S/c1-2-7-17(12-3-5-15-6-4-12)20(18,19)13-8-11(14)9-16-10-13/h8-10,12,15H,2-7H2,1H3. The number of halogens is 1. The van der Waals surface area contributed by atoms with Crippen LogP contribution in [0.3, 0.4) is 0 Å². The van der Waals surface area contributed by atoms with Gasteiger partial charge in [-0.2, -0.15) is 4.31 Å². The molecule has 0 aliphatic carbocycles. The monoisotopic (exact) mass is 361 g/mol. The van der Waals surface area contributed by atoms with Gasteiger partial charge in [-0.05, 0) is 54.3 Å². The summed E-state index contributed by atoms with van der Waals surface area (Å²) in [7, 11) is -3.47. The summed E-state index contributed by atoms with van der Waals surface area (Å²) in [5.41, 5.74) is 0. The van der Waals surface area contributed by atoms with Crippen molar-refractivity contribution in [2.45, 2.75) is 37.1 Å². The van der Waals surface area contributed by atoms with Gasteiger partial charge in [-0.25, -0.2) is 8.42 Å². The van der Waals surface area contributed by atoms with Crippen molar-refractivity contribution in [2.75, 3.05) is 19.6 Å². The molecule has 0 saturated carbocycles. The van der Waals surface area contributed by atoms with Crippen LogP contribution in [0.2, 0.25) is 0 Å². The van der Waals surface area contributed by atoms with Gasteiger partial charge in [0, 0.05) is 29.5 Å². The fraction of sp³-hybridized carbons (Fsp3) is 0.615. The molecule has 20 heavy (non-hydrogen) atoms. The Morgan fingerprint density at radius 2 is 2.10 bits per heavy atom. The molecule has 2 rings (SSSR count). The van der Waals surface area contributed by atoms with Crippen LogP contribution in [-0.2, 0) is 10.0 Å². The molecule has 0 atom stereocenters. The Labute approximate surface area is 129 Å². The van der Waals surface area contributed by atoms with Crippen LogP contribution < -0.4 is 5.32 Å². The molecule has 0 radical (unpaired) electrons. The molecule has 7 heteroatoms. The molecule has 2 heterocycles. The number of pyridine rings is 1. The highest BCUT2D eigenvalue weighted by Crippen LogP contribution is 2.24. The van der Waals surface area contributed by atoms with E-state index in [9.17, 15) is 8.42 Å². The van der Waals surface area contributed by atoms with E-state index >= 15 is 0 Å². The molecule has 1 N–H and O–H groups in total. The number of sulfonamides is 1. The predicted octanol–water partition coefficient (Wildman–Crippen LogP) is 2.00. The molecule has 1 fully saturated rings. The third-order valence-electron chi connectivity index (χ3n) is 3.45. The first-order valence-electron chi connectivity index (χ1n) is 6.89. The highest BCUT2D eigenvalue weighted by Gasteiger charge is 2.31. The minimum Gasteiger partial charge on any atom is -0.317 e. The van der Waals surface area contributed by atoms with E-state index < -0.39 is 10.0 Å². The van der Waals surface area contributed by atoms with Crippen molar-refractivity contribution in [3.63, 3.8) is 0 Å². The van der Waals surface area contributed by atoms with Gasteiger partial charge in [0.05, 0.1) is 0 Å². The lowest BCUT2D eigenvalue weighted by Gasteiger charge is -2.33. The van der Waals surface area contributed by atoms with Crippen LogP contribution >= 0.6 is 15.9 Å². The lowest BCUT2D eigenvalue weighted by atomic mass is 10.1. The van der Waals surface area contributed by atoms with E-state index in [1.54, 1.807) is 16.6 Å². The summed E-state index contributed by atoms with van der Waals surface area (Å²) in [6, 6.07) is 1.70. The van der Waals surface area contributed by atoms with Crippen LogP contribution in [-0.4, -0.2) is 43.4 Å². The van der Waals surface area contributed by atoms with Crippen LogP contribution in [0.15, 0.2) is 27.8 Å². The Bertz CT molecular complexity index is 544. The number of aromatic nitrogens is 1. The average Bonchev–Trinajstić information content (AvgIpc) is 2.45. The molecule has 1 aromatic rings. The number of rotatable bonds is 5. The maximum absolute atomic E-state index is 12.8. The molecule has 0 amide bonds. The van der Waals surface area contributed by atoms with Crippen LogP contribution in [0.25, 0.3) is 0 Å². The van der Waals surface area contributed by atoms with Crippen LogP contribution in [0, 0.1) is 0 Å². The van der Waals surface area contributed by atoms with Gasteiger partial charge in [0.25, 0.3) is 0 Å². The second kappa shape index (κ2) is 6.98. The van der Waals surface area contributed by atoms with E-state index in [1.165, 1.54) is 6.20 Å². The smallest absolute Gasteiger partial charge is 0.244 e. The highest BCUT2D eigenvalue weighted by atomic mass is 79.9. The Hall–Kier alpha value is -0.500. The van der Waals surface area contributed by atoms with Crippen LogP contribution in [0.5, 0.6) is 0 Å². The molecule has 112 valence electrons. The van der Waals surface area contributed by atoms with Crippen molar-refractivity contribution in [3.05, 3.63) is 22.9 Å². The van der Waals surface area contributed by atoms with Gasteiger partial charge in [-0.3, -0.25) is 4.98 Å². The predicted molar refractivity (Wildman–Crippen MR) is 82.0 cm³/mol. The molecule has 1 aliphatic rings. The maximum atomic E-state index is 12.8. The molecule has 1 saturated heterocycles. The van der Waals surface area contributed by atoms with Gasteiger partial charge in [0.15, 0.2) is 0 Å². The van der Waals surface area contributed by atoms with E-state index in [0.717, 1.165) is 32.4 Å². The quantitative estimate of drug-likeness (QED) is 0.870. The highest BCUT2D eigenvalue weighted by molar-refractivity contribution is 9.10. The third kappa shape index (κ3) is 3.58. The van der Waals surface area contributed by atoms with Gasteiger partial charge >= 0.3 is 0 Å². The molecule has 0 bridgehead atoms. The van der Waals surface area contributed by atoms with E-state index in [2.05, 4.69) is 26.2 Å². The first kappa shape index (κ1) is 15.9. The zero-order valence-corrected chi connectivity index (χ0v) is 14.0. The molecular formula is C13H20BrN3O2S. The first-order chi connectivity index (χ1) is 9.55. The SMILES string of the molecule is CCCN(C1CCNCC1)S(=O)(=O)c1cncc(Br)c1. The molecule has 1 aliphatic heterocycles. The van der Waals surface area contributed by atoms with Crippen molar-refractivity contribution in [1.82, 2.24) is 14.6 Å². The molecular weight excluding hydrogens is 342 g/mol. The molecule has 1 aromatic heterocycles. The Morgan fingerprint density at radius 1 is 1.40 bits per heavy atom. The average molecular weight is 362 g/mol. The number of hydrogen-bond acceptors (Lipinski definition) is 4. The molecule has 0 spiro atoms. The van der Waals surface area contributed by atoms with Gasteiger partial charge in [-0.15, -0.1) is 0 Å². The summed E-state index contributed by atoms with van der Waals surface area (Å²) >= 11 is 3.28. The Balaban J connectivity index is 2.31. The van der Waals surface area contributed by atoms with Crippen molar-refractivity contribution in [2.24, 2.45) is 0 Å². The topological polar surface area (TPSA) is 62.3 Å². The van der Waals surface area contributed by atoms with E-state index in [1.807, 2.05) is 6.92 Å². The number of piperidine rings is 1. The van der Waals surface area contributed by atoms with Crippen molar-refractivity contribution >= 4 is 26.0 Å². The largest absolute Gasteiger partial charge is 0.317 e. The summed E-state index contributed by atoms with van der Waals surface area (Å²) in [5.74, 6) is 0. The van der Waals surface area contributed by atoms with E-state index in [0.29, 0.717) is 11.0 Å². The van der Waals surface area contributed by atoms with Gasteiger partial charge in [0.1, 0.15) is 4.90 Å². The minimum atomic E-state index is -3.47. The summed E-state index contributed by atoms with van der Waals surface area (Å²) < 4.78 is 28.0. The number of hydrogen-bond donors (Lipinski definition) is 1. The second-order valence-electron chi connectivity index (χ2n) is 4.94. The summed E-state index contributed by atoms with van der Waals surface area (Å²) in [6.07, 6.45) is 5.55. The fourth-order valence-corrected chi connectivity index (χ4v) is 4.77. The lowest BCUT2D eigenvalue weighted by molar-refractivity contribution is 0.262. The van der Waals surface area contributed by atoms with Crippen LogP contribution in [0.1, 0.15) is 26.2 Å². The zero-order chi connectivity index (χ0) is 14.6. The number of nitrogens with zero attached hydrogens (tertiary/aromatic N) is 2. The summed E-state index contributed by atoms with van der Waals surface area (Å²) in [5, 5.41) is 3.27. The molecule has 0 aromatic carbocycles. The molecule has 0 unspecified atom stereocenters. The fourth-order valence-electron chi connectivity index (χ4n) is 2.48. The lowest BCUT2D eigenvalue weighted by Crippen LogP contribution is -2.46. The minimum absolute atomic E-state index is 0.0835. The Morgan fingerprint density at radius 3 is 2.70 bits per heavy atom. The second-order valence-corrected chi connectivity index (χ2v) is 7.74. The zero-order valence-electron chi connectivity index (χ0n) is 11.5. The van der Waals surface area contributed by atoms with E-state index in [-0.39, 0.29) is 10.9 Å². The number of nitrogens with one attached hydrogen (secondary N) is 1. The third-order valence-corrected chi connectivity index (χ3v) is 5.80. The summed E-state index contributed by atoms with van der Waals surface area (Å²) in [6.45, 7) is 4.30. The molecule has 5 nitrogen and oxygen atoms in total. The summed E-state index contributed by atoms with van der Waals surface area (Å²) in [4.78, 5) is 4.24. The van der Waals surface area contributed by atoms with Crippen molar-refractivity contribution in [3.8, 4) is 0 Å². The first-order valence-corrected chi connectivity index (χ1v) is 9.12. The van der Waals surface area contributed by atoms with Gasteiger partial charge < -0.3 is 5.32 Å². The Kier molecular flexibility index (Phi) is 5.54. The van der Waals surface area contributed by atoms with Gasteiger partial charge in [-0.1, -0.05) is 6.92 Å².